The van der Waals surface area contributed by atoms with Crippen LogP contribution < -0.4 is 4.74 Å². The van der Waals surface area contributed by atoms with Crippen molar-refractivity contribution in [2.24, 2.45) is 0 Å². The van der Waals surface area contributed by atoms with Gasteiger partial charge in [0.15, 0.2) is 0 Å². The van der Waals surface area contributed by atoms with E-state index in [2.05, 4.69) is 31.9 Å². The zero-order valence-corrected chi connectivity index (χ0v) is 9.93. The van der Waals surface area contributed by atoms with Crippen molar-refractivity contribution in [1.29, 1.82) is 0 Å². The van der Waals surface area contributed by atoms with Crippen LogP contribution in [-0.4, -0.2) is 6.61 Å². The Labute approximate surface area is 89.4 Å². The average Bonchev–Trinajstić information content (AvgIpc) is 2.05. The molecule has 0 atom stereocenters. The molecule has 0 aliphatic rings. The number of rotatable bonds is 3. The summed E-state index contributed by atoms with van der Waals surface area (Å²) in [5, 5.41) is 0. The molecule has 0 unspecified atom stereocenters. The molecule has 0 heterocycles. The van der Waals surface area contributed by atoms with Crippen LogP contribution in [0.1, 0.15) is 16.2 Å². The lowest BCUT2D eigenvalue weighted by molar-refractivity contribution is 0.340. The van der Waals surface area contributed by atoms with Crippen LogP contribution in [0, 0.1) is 0 Å². The van der Waals surface area contributed by atoms with E-state index >= 15 is 0 Å². The first kappa shape index (κ1) is 10.1. The number of hydrogen-bond acceptors (Lipinski definition) is 1. The highest BCUT2D eigenvalue weighted by Gasteiger charge is 2.02. The van der Waals surface area contributed by atoms with E-state index in [1.165, 1.54) is 5.56 Å². The fourth-order valence-corrected chi connectivity index (χ4v) is 1.48. The van der Waals surface area contributed by atoms with E-state index in [1.54, 1.807) is 0 Å². The summed E-state index contributed by atoms with van der Waals surface area (Å²) in [4.78, 5) is 0. The maximum Gasteiger partial charge on any atom is 0.119 e. The number of halogens is 2. The standard InChI is InChI=1S/C9H10Br2O/c1-2-12-8-5-3-4-7(6-8)9(10)11/h3-6,9H,2H2,1H3. The van der Waals surface area contributed by atoms with Gasteiger partial charge in [0.25, 0.3) is 0 Å². The molecular formula is C9H10Br2O. The monoisotopic (exact) mass is 292 g/mol. The SMILES string of the molecule is CCOc1cccc(C(Br)Br)c1. The third-order valence-electron chi connectivity index (χ3n) is 1.42. The molecule has 0 saturated heterocycles. The molecule has 12 heavy (non-hydrogen) atoms. The Hall–Kier alpha value is -0.0200. The van der Waals surface area contributed by atoms with Gasteiger partial charge in [-0.05, 0) is 24.6 Å². The van der Waals surface area contributed by atoms with Crippen molar-refractivity contribution in [3.63, 3.8) is 0 Å². The van der Waals surface area contributed by atoms with Crippen LogP contribution in [0.2, 0.25) is 0 Å². The zero-order chi connectivity index (χ0) is 8.97. The molecule has 66 valence electrons. The highest BCUT2D eigenvalue weighted by Crippen LogP contribution is 2.30. The van der Waals surface area contributed by atoms with Crippen LogP contribution in [0.5, 0.6) is 5.75 Å². The number of benzene rings is 1. The largest absolute Gasteiger partial charge is 0.494 e. The van der Waals surface area contributed by atoms with Gasteiger partial charge in [0.2, 0.25) is 0 Å². The number of alkyl halides is 2. The van der Waals surface area contributed by atoms with Crippen LogP contribution in [0.4, 0.5) is 0 Å². The maximum absolute atomic E-state index is 5.36. The predicted octanol–water partition coefficient (Wildman–Crippen LogP) is 3.87. The van der Waals surface area contributed by atoms with Crippen molar-refractivity contribution >= 4 is 31.9 Å². The maximum atomic E-state index is 5.36. The van der Waals surface area contributed by atoms with Gasteiger partial charge in [0.05, 0.1) is 10.3 Å². The Morgan fingerprint density at radius 3 is 2.75 bits per heavy atom. The first-order valence-corrected chi connectivity index (χ1v) is 5.58. The summed E-state index contributed by atoms with van der Waals surface area (Å²) in [6, 6.07) is 7.99. The number of hydrogen-bond donors (Lipinski definition) is 0. The van der Waals surface area contributed by atoms with Gasteiger partial charge in [-0.1, -0.05) is 44.0 Å². The molecule has 0 amide bonds. The van der Waals surface area contributed by atoms with Gasteiger partial charge in [0, 0.05) is 0 Å². The van der Waals surface area contributed by atoms with Gasteiger partial charge in [-0.2, -0.15) is 0 Å². The average molecular weight is 294 g/mol. The Balaban J connectivity index is 2.81. The summed E-state index contributed by atoms with van der Waals surface area (Å²) in [6.07, 6.45) is 0. The Morgan fingerprint density at radius 2 is 2.17 bits per heavy atom. The second-order valence-corrected chi connectivity index (χ2v) is 5.37. The molecule has 0 aliphatic carbocycles. The lowest BCUT2D eigenvalue weighted by atomic mass is 10.2. The Morgan fingerprint density at radius 1 is 1.42 bits per heavy atom. The van der Waals surface area contributed by atoms with Crippen LogP contribution in [0.15, 0.2) is 24.3 Å². The third-order valence-corrected chi connectivity index (χ3v) is 2.48. The van der Waals surface area contributed by atoms with E-state index in [4.69, 9.17) is 4.74 Å². The van der Waals surface area contributed by atoms with E-state index in [1.807, 2.05) is 31.2 Å². The van der Waals surface area contributed by atoms with Crippen LogP contribution >= 0.6 is 31.9 Å². The minimum Gasteiger partial charge on any atom is -0.494 e. The molecule has 1 aromatic rings. The fraction of sp³-hybridized carbons (Fsp3) is 0.333. The molecule has 1 aromatic carbocycles. The molecule has 0 fully saturated rings. The van der Waals surface area contributed by atoms with Gasteiger partial charge in [-0.15, -0.1) is 0 Å². The summed E-state index contributed by atoms with van der Waals surface area (Å²) >= 11 is 6.86. The van der Waals surface area contributed by atoms with Crippen molar-refractivity contribution in [2.75, 3.05) is 6.61 Å². The number of ether oxygens (including phenoxy) is 1. The molecule has 0 aromatic heterocycles. The quantitative estimate of drug-likeness (QED) is 0.769. The van der Waals surface area contributed by atoms with Gasteiger partial charge in [-0.25, -0.2) is 0 Å². The first-order valence-electron chi connectivity index (χ1n) is 3.75. The molecule has 0 radical (unpaired) electrons. The molecule has 0 saturated carbocycles. The van der Waals surface area contributed by atoms with Crippen LogP contribution in [-0.2, 0) is 0 Å². The van der Waals surface area contributed by atoms with Crippen LogP contribution in [0.25, 0.3) is 0 Å². The lowest BCUT2D eigenvalue weighted by Crippen LogP contribution is -1.91. The molecular weight excluding hydrogens is 284 g/mol. The molecule has 1 rings (SSSR count). The van der Waals surface area contributed by atoms with E-state index in [0.29, 0.717) is 6.61 Å². The lowest BCUT2D eigenvalue weighted by Gasteiger charge is -2.06. The fourth-order valence-electron chi connectivity index (χ4n) is 0.907. The first-order chi connectivity index (χ1) is 5.74. The minimum absolute atomic E-state index is 0.199. The van der Waals surface area contributed by atoms with Crippen molar-refractivity contribution in [2.45, 2.75) is 10.7 Å². The van der Waals surface area contributed by atoms with Crippen molar-refractivity contribution in [3.05, 3.63) is 29.8 Å². The second-order valence-electron chi connectivity index (χ2n) is 2.31. The minimum atomic E-state index is 0.199. The molecule has 0 N–H and O–H groups in total. The second kappa shape index (κ2) is 4.87. The zero-order valence-electron chi connectivity index (χ0n) is 6.76. The summed E-state index contributed by atoms with van der Waals surface area (Å²) in [5.41, 5.74) is 1.17. The molecule has 3 heteroatoms. The summed E-state index contributed by atoms with van der Waals surface area (Å²) < 4.78 is 5.55. The molecule has 0 bridgehead atoms. The predicted molar refractivity (Wildman–Crippen MR) is 58.2 cm³/mol. The Kier molecular flexibility index (Phi) is 4.09. The van der Waals surface area contributed by atoms with Gasteiger partial charge >= 0.3 is 0 Å². The van der Waals surface area contributed by atoms with E-state index in [9.17, 15) is 0 Å². The van der Waals surface area contributed by atoms with Crippen molar-refractivity contribution < 1.29 is 4.74 Å². The molecule has 0 spiro atoms. The van der Waals surface area contributed by atoms with Gasteiger partial charge in [-0.3, -0.25) is 0 Å². The van der Waals surface area contributed by atoms with Crippen LogP contribution in [0.3, 0.4) is 0 Å². The van der Waals surface area contributed by atoms with Gasteiger partial charge < -0.3 is 4.74 Å². The summed E-state index contributed by atoms with van der Waals surface area (Å²) in [5.74, 6) is 0.916. The summed E-state index contributed by atoms with van der Waals surface area (Å²) in [6.45, 7) is 2.69. The van der Waals surface area contributed by atoms with E-state index in [-0.39, 0.29) is 3.74 Å². The molecule has 1 nitrogen and oxygen atoms in total. The molecule has 0 aliphatic heterocycles. The van der Waals surface area contributed by atoms with E-state index in [0.717, 1.165) is 5.75 Å². The topological polar surface area (TPSA) is 9.23 Å². The third kappa shape index (κ3) is 2.79. The normalized spacial score (nSPS) is 10.3. The smallest absolute Gasteiger partial charge is 0.119 e. The highest BCUT2D eigenvalue weighted by atomic mass is 79.9. The van der Waals surface area contributed by atoms with Crippen molar-refractivity contribution in [1.82, 2.24) is 0 Å². The van der Waals surface area contributed by atoms with Gasteiger partial charge in [0.1, 0.15) is 5.75 Å². The summed E-state index contributed by atoms with van der Waals surface area (Å²) in [7, 11) is 0. The Bertz CT molecular complexity index is 248. The van der Waals surface area contributed by atoms with E-state index < -0.39 is 0 Å². The highest BCUT2D eigenvalue weighted by molar-refractivity contribution is 9.24. The van der Waals surface area contributed by atoms with Crippen molar-refractivity contribution in [3.8, 4) is 5.75 Å².